The average molecular weight is 785 g/mol. The summed E-state index contributed by atoms with van der Waals surface area (Å²) in [4.78, 5) is 34.8. The number of carbonyl (C=O) groups excluding carboxylic acids is 2. The van der Waals surface area contributed by atoms with Gasteiger partial charge in [-0.1, -0.05) is 139 Å². The Bertz CT molecular complexity index is 1180. The number of aliphatic hydroxyl groups excluding tert-OH is 4. The summed E-state index contributed by atoms with van der Waals surface area (Å²) in [5.74, 6) is -0.360. The predicted molar refractivity (Wildman–Crippen MR) is 212 cm³/mol. The SMILES string of the molecule is CC/C=C\C[C@@H](O)/C=C/C=C\C=C\[C@@H](O)C/C=C\C/C=C\CCC(=O)OC[C@H](COP(=O)(O)OC[C@@H](O)CO)OC(=O)CCCCCCCCC(C)CC. The highest BCUT2D eigenvalue weighted by Crippen LogP contribution is 2.43. The van der Waals surface area contributed by atoms with Crippen LogP contribution in [0.5, 0.6) is 0 Å². The van der Waals surface area contributed by atoms with Gasteiger partial charge in [0.15, 0.2) is 6.10 Å². The Morgan fingerprint density at radius 3 is 1.93 bits per heavy atom. The maximum Gasteiger partial charge on any atom is 0.472 e. The van der Waals surface area contributed by atoms with E-state index in [0.717, 1.165) is 38.0 Å². The first-order valence-electron chi connectivity index (χ1n) is 19.5. The number of unbranched alkanes of at least 4 members (excludes halogenated alkanes) is 5. The van der Waals surface area contributed by atoms with E-state index in [4.69, 9.17) is 19.1 Å². The molecule has 0 saturated carbocycles. The second-order valence-corrected chi connectivity index (χ2v) is 14.7. The molecule has 0 aromatic heterocycles. The molecule has 0 saturated heterocycles. The van der Waals surface area contributed by atoms with Gasteiger partial charge in [0, 0.05) is 12.8 Å². The first-order valence-corrected chi connectivity index (χ1v) is 21.0. The second kappa shape index (κ2) is 34.8. The van der Waals surface area contributed by atoms with Crippen molar-refractivity contribution in [3.63, 3.8) is 0 Å². The molecular formula is C41H69O12P. The van der Waals surface area contributed by atoms with Crippen molar-refractivity contribution in [3.05, 3.63) is 72.9 Å². The molecule has 0 aromatic carbocycles. The lowest BCUT2D eigenvalue weighted by Crippen LogP contribution is -2.29. The van der Waals surface area contributed by atoms with Crippen LogP contribution in [0.4, 0.5) is 0 Å². The van der Waals surface area contributed by atoms with E-state index in [1.165, 1.54) is 19.3 Å². The smallest absolute Gasteiger partial charge is 0.462 e. The molecule has 0 aromatic rings. The minimum absolute atomic E-state index is 0.0564. The number of esters is 2. The summed E-state index contributed by atoms with van der Waals surface area (Å²) in [5.41, 5.74) is 0. The Hall–Kier alpha value is -2.67. The fourth-order valence-corrected chi connectivity index (χ4v) is 5.43. The van der Waals surface area contributed by atoms with Gasteiger partial charge in [-0.05, 0) is 44.4 Å². The molecule has 54 heavy (non-hydrogen) atoms. The number of hydrogen-bond acceptors (Lipinski definition) is 11. The molecule has 5 N–H and O–H groups in total. The summed E-state index contributed by atoms with van der Waals surface area (Å²) in [5, 5.41) is 38.2. The number of phosphoric acid groups is 1. The predicted octanol–water partition coefficient (Wildman–Crippen LogP) is 7.51. The highest BCUT2D eigenvalue weighted by Gasteiger charge is 2.27. The van der Waals surface area contributed by atoms with Crippen molar-refractivity contribution in [1.29, 1.82) is 0 Å². The molecule has 0 radical (unpaired) electrons. The zero-order chi connectivity index (χ0) is 40.3. The zero-order valence-electron chi connectivity index (χ0n) is 32.8. The molecule has 0 spiro atoms. The summed E-state index contributed by atoms with van der Waals surface area (Å²) in [7, 11) is -4.66. The van der Waals surface area contributed by atoms with Crippen LogP contribution >= 0.6 is 7.82 Å². The first-order chi connectivity index (χ1) is 25.9. The lowest BCUT2D eigenvalue weighted by molar-refractivity contribution is -0.161. The molecular weight excluding hydrogens is 715 g/mol. The third-order valence-electron chi connectivity index (χ3n) is 8.10. The average Bonchev–Trinajstić information content (AvgIpc) is 3.15. The summed E-state index contributed by atoms with van der Waals surface area (Å²) < 4.78 is 32.4. The van der Waals surface area contributed by atoms with Gasteiger partial charge in [0.2, 0.25) is 0 Å². The van der Waals surface area contributed by atoms with Gasteiger partial charge in [0.1, 0.15) is 12.7 Å². The molecule has 0 amide bonds. The van der Waals surface area contributed by atoms with E-state index in [9.17, 15) is 34.4 Å². The molecule has 0 aliphatic rings. The van der Waals surface area contributed by atoms with E-state index in [1.54, 1.807) is 36.5 Å². The van der Waals surface area contributed by atoms with Crippen molar-refractivity contribution in [2.45, 2.75) is 141 Å². The van der Waals surface area contributed by atoms with E-state index < -0.39 is 70.6 Å². The van der Waals surface area contributed by atoms with Crippen LogP contribution in [0.15, 0.2) is 72.9 Å². The summed E-state index contributed by atoms with van der Waals surface area (Å²) >= 11 is 0. The number of rotatable bonds is 34. The Morgan fingerprint density at radius 2 is 1.30 bits per heavy atom. The fourth-order valence-electron chi connectivity index (χ4n) is 4.64. The molecule has 12 nitrogen and oxygen atoms in total. The lowest BCUT2D eigenvalue weighted by atomic mass is 10.00. The van der Waals surface area contributed by atoms with Crippen molar-refractivity contribution >= 4 is 19.8 Å². The topological polar surface area (TPSA) is 189 Å². The third kappa shape index (κ3) is 33.9. The molecule has 0 bridgehead atoms. The van der Waals surface area contributed by atoms with Crippen LogP contribution in [0.2, 0.25) is 0 Å². The van der Waals surface area contributed by atoms with E-state index in [1.807, 2.05) is 43.4 Å². The van der Waals surface area contributed by atoms with Crippen molar-refractivity contribution < 1.29 is 58.0 Å². The van der Waals surface area contributed by atoms with Crippen LogP contribution in [0.1, 0.15) is 117 Å². The molecule has 2 unspecified atom stereocenters. The van der Waals surface area contributed by atoms with E-state index in [2.05, 4.69) is 18.4 Å². The molecule has 0 aliphatic heterocycles. The standard InChI is InChI=1S/C41H69O12P/c1-4-6-17-25-36(43)27-20-15-16-21-28-37(44)26-19-12-8-10-13-22-29-40(46)50-33-39(34-52-54(48,49)51-32-38(45)31-42)53-41(47)30-23-14-9-7-11-18-24-35(3)5-2/h6,10,12-13,15-17,19-21,27-28,35-39,42-45H,4-5,7-9,11,14,18,22-26,29-34H2,1-3H3,(H,48,49)/b13-10-,16-15-,17-6-,19-12-,27-20+,28-21+/t35?,36-,37+,38+,39-/m1/s1. The van der Waals surface area contributed by atoms with E-state index >= 15 is 0 Å². The van der Waals surface area contributed by atoms with Gasteiger partial charge >= 0.3 is 19.8 Å². The van der Waals surface area contributed by atoms with Gasteiger partial charge in [-0.2, -0.15) is 0 Å². The lowest BCUT2D eigenvalue weighted by Gasteiger charge is -2.20. The molecule has 0 heterocycles. The molecule has 0 fully saturated rings. The molecule has 6 atom stereocenters. The maximum atomic E-state index is 12.5. The highest BCUT2D eigenvalue weighted by atomic mass is 31.2. The van der Waals surface area contributed by atoms with Gasteiger partial charge < -0.3 is 34.8 Å². The first kappa shape index (κ1) is 51.3. The van der Waals surface area contributed by atoms with Crippen LogP contribution in [0, 0.1) is 5.92 Å². The summed E-state index contributed by atoms with van der Waals surface area (Å²) in [6.45, 7) is 4.20. The van der Waals surface area contributed by atoms with Crippen LogP contribution in [-0.2, 0) is 32.7 Å². The van der Waals surface area contributed by atoms with Gasteiger partial charge in [0.25, 0.3) is 0 Å². The molecule has 0 aliphatic carbocycles. The Labute approximate surface area is 323 Å². The molecule has 13 heteroatoms. The Morgan fingerprint density at radius 1 is 0.704 bits per heavy atom. The Kier molecular flexibility index (Phi) is 33.1. The number of allylic oxidation sites excluding steroid dienone is 8. The van der Waals surface area contributed by atoms with Gasteiger partial charge in [0.05, 0.1) is 32.0 Å². The minimum Gasteiger partial charge on any atom is -0.462 e. The summed E-state index contributed by atoms with van der Waals surface area (Å²) in [6, 6.07) is 0. The van der Waals surface area contributed by atoms with Crippen molar-refractivity contribution in [2.24, 2.45) is 5.92 Å². The summed E-state index contributed by atoms with van der Waals surface area (Å²) in [6.07, 6.45) is 29.8. The Balaban J connectivity index is 4.60. The maximum absolute atomic E-state index is 12.5. The quantitative estimate of drug-likeness (QED) is 0.0142. The van der Waals surface area contributed by atoms with Crippen LogP contribution < -0.4 is 0 Å². The van der Waals surface area contributed by atoms with Gasteiger partial charge in [-0.3, -0.25) is 18.6 Å². The fraction of sp³-hybridized carbons (Fsp3) is 0.659. The number of ether oxygens (including phenoxy) is 2. The molecule has 0 rings (SSSR count). The largest absolute Gasteiger partial charge is 0.472 e. The minimum atomic E-state index is -4.66. The van der Waals surface area contributed by atoms with Crippen molar-refractivity contribution in [2.75, 3.05) is 26.4 Å². The van der Waals surface area contributed by atoms with Gasteiger partial charge in [-0.15, -0.1) is 0 Å². The highest BCUT2D eigenvalue weighted by molar-refractivity contribution is 7.47. The number of carbonyl (C=O) groups is 2. The zero-order valence-corrected chi connectivity index (χ0v) is 33.7. The third-order valence-corrected chi connectivity index (χ3v) is 9.05. The normalized spacial score (nSPS) is 16.5. The number of aliphatic hydroxyl groups is 4. The molecule has 310 valence electrons. The van der Waals surface area contributed by atoms with Gasteiger partial charge in [-0.25, -0.2) is 4.57 Å². The number of hydrogen-bond donors (Lipinski definition) is 5. The van der Waals surface area contributed by atoms with Crippen molar-refractivity contribution in [1.82, 2.24) is 0 Å². The van der Waals surface area contributed by atoms with Crippen molar-refractivity contribution in [3.8, 4) is 0 Å². The van der Waals surface area contributed by atoms with E-state index in [-0.39, 0.29) is 12.8 Å². The van der Waals surface area contributed by atoms with Crippen LogP contribution in [0.3, 0.4) is 0 Å². The second-order valence-electron chi connectivity index (χ2n) is 13.2. The number of phosphoric ester groups is 1. The van der Waals surface area contributed by atoms with Crippen LogP contribution in [-0.4, -0.2) is 88.1 Å². The van der Waals surface area contributed by atoms with E-state index in [0.29, 0.717) is 32.1 Å². The van der Waals surface area contributed by atoms with Crippen LogP contribution in [0.25, 0.3) is 0 Å². The monoisotopic (exact) mass is 784 g/mol.